The normalized spacial score (nSPS) is 16.3. The average molecular weight is 348 g/mol. The summed E-state index contributed by atoms with van der Waals surface area (Å²) in [5.74, 6) is 0.449. The lowest BCUT2D eigenvalue weighted by molar-refractivity contribution is -0.132. The van der Waals surface area contributed by atoms with Crippen LogP contribution in [-0.2, 0) is 13.0 Å². The highest BCUT2D eigenvalue weighted by Gasteiger charge is 2.26. The number of aliphatic imine (C=N–C) groups is 1. The quantitative estimate of drug-likeness (QED) is 0.613. The van der Waals surface area contributed by atoms with Crippen molar-refractivity contribution in [3.63, 3.8) is 0 Å². The zero-order chi connectivity index (χ0) is 16.7. The van der Waals surface area contributed by atoms with Crippen molar-refractivity contribution in [2.75, 3.05) is 32.7 Å². The van der Waals surface area contributed by atoms with E-state index in [2.05, 4.69) is 32.0 Å². The van der Waals surface area contributed by atoms with E-state index < -0.39 is 12.6 Å². The Balaban J connectivity index is 1.73. The first-order valence-corrected chi connectivity index (χ1v) is 8.72. The molecule has 0 saturated heterocycles. The molecule has 0 aromatic carbocycles. The zero-order valence-electron chi connectivity index (χ0n) is 13.2. The van der Waals surface area contributed by atoms with Gasteiger partial charge in [0.1, 0.15) is 0 Å². The predicted molar refractivity (Wildman–Crippen MR) is 88.0 cm³/mol. The topological polar surface area (TPSA) is 39.7 Å². The van der Waals surface area contributed by atoms with Crippen molar-refractivity contribution >= 4 is 17.3 Å². The number of fused-ring (bicyclic) bond motifs is 1. The fourth-order valence-corrected chi connectivity index (χ4v) is 3.36. The molecule has 1 aliphatic rings. The Morgan fingerprint density at radius 3 is 2.96 bits per heavy atom. The smallest absolute Gasteiger partial charge is 0.357 e. The van der Waals surface area contributed by atoms with Crippen LogP contribution < -0.4 is 10.6 Å². The molecule has 2 N–H and O–H groups in total. The minimum atomic E-state index is -4.16. The van der Waals surface area contributed by atoms with E-state index in [1.165, 1.54) is 10.4 Å². The number of hydrogen-bond acceptors (Lipinski definition) is 3. The van der Waals surface area contributed by atoms with Crippen LogP contribution in [-0.4, -0.2) is 49.8 Å². The third-order valence-corrected chi connectivity index (χ3v) is 4.64. The molecule has 0 fully saturated rings. The number of hydrogen-bond donors (Lipinski definition) is 2. The molecule has 0 amide bonds. The molecule has 0 radical (unpaired) electrons. The summed E-state index contributed by atoms with van der Waals surface area (Å²) in [5, 5.41) is 8.21. The van der Waals surface area contributed by atoms with Crippen molar-refractivity contribution in [3.05, 3.63) is 21.9 Å². The molecule has 1 aliphatic heterocycles. The standard InChI is InChI=1S/C15H23F3N4S/c1-2-19-14(20-6-5-15(16,17)18)21-7-9-22-8-3-13-12(11-22)4-10-23-13/h4,10H,2-3,5-9,11H2,1H3,(H2,19,20,21). The van der Waals surface area contributed by atoms with Gasteiger partial charge >= 0.3 is 6.18 Å². The Morgan fingerprint density at radius 1 is 1.39 bits per heavy atom. The van der Waals surface area contributed by atoms with Gasteiger partial charge in [-0.1, -0.05) is 0 Å². The molecule has 0 aliphatic carbocycles. The number of nitrogens with zero attached hydrogens (tertiary/aromatic N) is 2. The number of thiophene rings is 1. The van der Waals surface area contributed by atoms with Crippen LogP contribution in [0.1, 0.15) is 23.8 Å². The lowest BCUT2D eigenvalue weighted by Crippen LogP contribution is -2.42. The summed E-state index contributed by atoms with van der Waals surface area (Å²) in [6, 6.07) is 2.17. The number of guanidine groups is 1. The van der Waals surface area contributed by atoms with E-state index in [0.717, 1.165) is 26.1 Å². The highest BCUT2D eigenvalue weighted by molar-refractivity contribution is 7.10. The van der Waals surface area contributed by atoms with E-state index in [0.29, 0.717) is 19.0 Å². The highest BCUT2D eigenvalue weighted by atomic mass is 32.1. The van der Waals surface area contributed by atoms with Crippen molar-refractivity contribution in [2.45, 2.75) is 32.5 Å². The van der Waals surface area contributed by atoms with Crippen LogP contribution in [0, 0.1) is 0 Å². The van der Waals surface area contributed by atoms with Crippen molar-refractivity contribution in [3.8, 4) is 0 Å². The first-order chi connectivity index (χ1) is 11.0. The second kappa shape index (κ2) is 8.54. The van der Waals surface area contributed by atoms with E-state index in [1.807, 2.05) is 18.3 Å². The van der Waals surface area contributed by atoms with Gasteiger partial charge in [0.05, 0.1) is 13.0 Å². The maximum absolute atomic E-state index is 12.2. The fraction of sp³-hybridized carbons (Fsp3) is 0.667. The van der Waals surface area contributed by atoms with Crippen LogP contribution in [0.15, 0.2) is 16.4 Å². The summed E-state index contributed by atoms with van der Waals surface area (Å²) in [6.07, 6.45) is -3.98. The molecule has 0 spiro atoms. The van der Waals surface area contributed by atoms with Crippen LogP contribution in [0.2, 0.25) is 0 Å². The van der Waals surface area contributed by atoms with Gasteiger partial charge in [0.15, 0.2) is 5.96 Å². The first kappa shape index (κ1) is 18.1. The third kappa shape index (κ3) is 6.39. The summed E-state index contributed by atoms with van der Waals surface area (Å²) < 4.78 is 36.5. The predicted octanol–water partition coefficient (Wildman–Crippen LogP) is 2.61. The molecule has 2 heterocycles. The second-order valence-corrected chi connectivity index (χ2v) is 6.45. The Bertz CT molecular complexity index is 513. The van der Waals surface area contributed by atoms with Gasteiger partial charge in [0.25, 0.3) is 0 Å². The van der Waals surface area contributed by atoms with Crippen molar-refractivity contribution in [1.29, 1.82) is 0 Å². The van der Waals surface area contributed by atoms with Crippen molar-refractivity contribution in [1.82, 2.24) is 15.5 Å². The number of alkyl halides is 3. The Labute approximate surface area is 138 Å². The first-order valence-electron chi connectivity index (χ1n) is 7.84. The van der Waals surface area contributed by atoms with Crippen molar-refractivity contribution < 1.29 is 13.2 Å². The molecule has 1 aromatic heterocycles. The summed E-state index contributed by atoms with van der Waals surface area (Å²) in [4.78, 5) is 7.78. The summed E-state index contributed by atoms with van der Waals surface area (Å²) in [5.41, 5.74) is 1.40. The summed E-state index contributed by atoms with van der Waals surface area (Å²) >= 11 is 1.81. The Hall–Kier alpha value is -1.28. The largest absolute Gasteiger partial charge is 0.390 e. The zero-order valence-corrected chi connectivity index (χ0v) is 14.1. The van der Waals surface area contributed by atoms with Gasteiger partial charge in [-0.25, -0.2) is 0 Å². The maximum atomic E-state index is 12.2. The van der Waals surface area contributed by atoms with Gasteiger partial charge in [-0.3, -0.25) is 9.89 Å². The van der Waals surface area contributed by atoms with Crippen LogP contribution in [0.5, 0.6) is 0 Å². The van der Waals surface area contributed by atoms with Gasteiger partial charge in [0, 0.05) is 37.6 Å². The van der Waals surface area contributed by atoms with E-state index >= 15 is 0 Å². The lowest BCUT2D eigenvalue weighted by Gasteiger charge is -2.27. The molecular formula is C15H23F3N4S. The minimum Gasteiger partial charge on any atom is -0.357 e. The van der Waals surface area contributed by atoms with Crippen LogP contribution in [0.4, 0.5) is 13.2 Å². The van der Waals surface area contributed by atoms with E-state index in [1.54, 1.807) is 0 Å². The van der Waals surface area contributed by atoms with Gasteiger partial charge in [-0.15, -0.1) is 11.3 Å². The van der Waals surface area contributed by atoms with Gasteiger partial charge < -0.3 is 10.6 Å². The van der Waals surface area contributed by atoms with Crippen molar-refractivity contribution in [2.24, 2.45) is 4.99 Å². The molecular weight excluding hydrogens is 325 g/mol. The molecule has 2 rings (SSSR count). The number of halogens is 3. The van der Waals surface area contributed by atoms with E-state index in [9.17, 15) is 13.2 Å². The molecule has 0 bridgehead atoms. The minimum absolute atomic E-state index is 0.249. The molecule has 0 atom stereocenters. The third-order valence-electron chi connectivity index (χ3n) is 3.62. The van der Waals surface area contributed by atoms with Crippen LogP contribution >= 0.6 is 11.3 Å². The monoisotopic (exact) mass is 348 g/mol. The van der Waals surface area contributed by atoms with Crippen LogP contribution in [0.25, 0.3) is 0 Å². The number of nitrogens with one attached hydrogen (secondary N) is 2. The Kier molecular flexibility index (Phi) is 6.71. The van der Waals surface area contributed by atoms with E-state index in [4.69, 9.17) is 0 Å². The van der Waals surface area contributed by atoms with Crippen LogP contribution in [0.3, 0.4) is 0 Å². The SMILES string of the molecule is CCNC(=NCCC(F)(F)F)NCCN1CCc2sccc2C1. The molecule has 8 heteroatoms. The molecule has 4 nitrogen and oxygen atoms in total. The lowest BCUT2D eigenvalue weighted by atomic mass is 10.1. The summed E-state index contributed by atoms with van der Waals surface area (Å²) in [7, 11) is 0. The molecule has 1 aromatic rings. The number of rotatable bonds is 6. The molecule has 0 unspecified atom stereocenters. The molecule has 0 saturated carbocycles. The van der Waals surface area contributed by atoms with Gasteiger partial charge in [0.2, 0.25) is 0 Å². The van der Waals surface area contributed by atoms with Gasteiger partial charge in [-0.05, 0) is 30.4 Å². The van der Waals surface area contributed by atoms with Gasteiger partial charge in [-0.2, -0.15) is 13.2 Å². The highest BCUT2D eigenvalue weighted by Crippen LogP contribution is 2.23. The summed E-state index contributed by atoms with van der Waals surface area (Å²) in [6.45, 7) is 5.75. The van der Waals surface area contributed by atoms with E-state index in [-0.39, 0.29) is 6.54 Å². The molecule has 23 heavy (non-hydrogen) atoms. The average Bonchev–Trinajstić information content (AvgIpc) is 2.93. The maximum Gasteiger partial charge on any atom is 0.390 e. The fourth-order valence-electron chi connectivity index (χ4n) is 2.47. The molecule has 130 valence electrons. The second-order valence-electron chi connectivity index (χ2n) is 5.45. The Morgan fingerprint density at radius 2 is 2.22 bits per heavy atom.